The van der Waals surface area contributed by atoms with Crippen molar-refractivity contribution in [1.29, 1.82) is 0 Å². The first-order valence-electron chi connectivity index (χ1n) is 8.79. The SMILES string of the molecule is O=C(O)c1ccnc(C(=O)N(CCc2cccc(F)c2)C2CCCC2)c1. The summed E-state index contributed by atoms with van der Waals surface area (Å²) in [4.78, 5) is 30.0. The molecule has 0 atom stereocenters. The predicted octanol–water partition coefficient (Wildman–Crippen LogP) is 3.55. The summed E-state index contributed by atoms with van der Waals surface area (Å²) < 4.78 is 13.4. The van der Waals surface area contributed by atoms with Crippen molar-refractivity contribution in [2.45, 2.75) is 38.1 Å². The summed E-state index contributed by atoms with van der Waals surface area (Å²) in [5.74, 6) is -1.65. The quantitative estimate of drug-likeness (QED) is 0.859. The van der Waals surface area contributed by atoms with E-state index >= 15 is 0 Å². The Labute approximate surface area is 151 Å². The summed E-state index contributed by atoms with van der Waals surface area (Å²) in [6.45, 7) is 0.450. The number of benzene rings is 1. The lowest BCUT2D eigenvalue weighted by Crippen LogP contribution is -2.40. The van der Waals surface area contributed by atoms with Crippen molar-refractivity contribution >= 4 is 11.9 Å². The second-order valence-corrected chi connectivity index (χ2v) is 6.55. The van der Waals surface area contributed by atoms with Crippen LogP contribution in [-0.2, 0) is 6.42 Å². The molecule has 1 amide bonds. The molecular formula is C20H21FN2O3. The van der Waals surface area contributed by atoms with Gasteiger partial charge in [-0.2, -0.15) is 0 Å². The molecule has 3 rings (SSSR count). The topological polar surface area (TPSA) is 70.5 Å². The van der Waals surface area contributed by atoms with E-state index < -0.39 is 5.97 Å². The molecular weight excluding hydrogens is 335 g/mol. The summed E-state index contributed by atoms with van der Waals surface area (Å²) in [7, 11) is 0. The lowest BCUT2D eigenvalue weighted by Gasteiger charge is -2.29. The summed E-state index contributed by atoms with van der Waals surface area (Å²) in [5.41, 5.74) is 1.00. The number of carboxylic acid groups (broad SMARTS) is 1. The van der Waals surface area contributed by atoms with E-state index in [0.29, 0.717) is 13.0 Å². The molecule has 136 valence electrons. The van der Waals surface area contributed by atoms with Crippen LogP contribution in [0.4, 0.5) is 4.39 Å². The zero-order valence-electron chi connectivity index (χ0n) is 14.4. The van der Waals surface area contributed by atoms with Gasteiger partial charge in [0.1, 0.15) is 11.5 Å². The van der Waals surface area contributed by atoms with Gasteiger partial charge in [0.15, 0.2) is 0 Å². The third-order valence-electron chi connectivity index (χ3n) is 4.78. The number of carbonyl (C=O) groups excluding carboxylic acids is 1. The van der Waals surface area contributed by atoms with E-state index in [-0.39, 0.29) is 29.0 Å². The molecule has 0 bridgehead atoms. The fourth-order valence-electron chi connectivity index (χ4n) is 3.44. The highest BCUT2D eigenvalue weighted by atomic mass is 19.1. The molecule has 0 radical (unpaired) electrons. The average Bonchev–Trinajstić information content (AvgIpc) is 3.16. The van der Waals surface area contributed by atoms with Crippen molar-refractivity contribution in [1.82, 2.24) is 9.88 Å². The smallest absolute Gasteiger partial charge is 0.335 e. The van der Waals surface area contributed by atoms with E-state index in [4.69, 9.17) is 5.11 Å². The maximum absolute atomic E-state index is 13.4. The van der Waals surface area contributed by atoms with Gasteiger partial charge in [-0.15, -0.1) is 0 Å². The fraction of sp³-hybridized carbons (Fsp3) is 0.350. The van der Waals surface area contributed by atoms with Crippen molar-refractivity contribution in [2.75, 3.05) is 6.54 Å². The van der Waals surface area contributed by atoms with Crippen LogP contribution >= 0.6 is 0 Å². The molecule has 1 aliphatic carbocycles. The molecule has 0 spiro atoms. The van der Waals surface area contributed by atoms with Crippen LogP contribution in [-0.4, -0.2) is 39.5 Å². The van der Waals surface area contributed by atoms with E-state index in [1.54, 1.807) is 11.0 Å². The molecule has 1 aliphatic rings. The number of aromatic nitrogens is 1. The standard InChI is InChI=1S/C20H21FN2O3/c21-16-5-3-4-14(12-16)9-11-23(17-6-1-2-7-17)19(24)18-13-15(20(25)26)8-10-22-18/h3-5,8,10,12-13,17H,1-2,6-7,9,11H2,(H,25,26). The Kier molecular flexibility index (Phi) is 5.61. The third-order valence-corrected chi connectivity index (χ3v) is 4.78. The van der Waals surface area contributed by atoms with Gasteiger partial charge in [0.25, 0.3) is 5.91 Å². The van der Waals surface area contributed by atoms with Crippen LogP contribution in [0.2, 0.25) is 0 Å². The zero-order valence-corrected chi connectivity index (χ0v) is 14.4. The number of rotatable bonds is 6. The van der Waals surface area contributed by atoms with Crippen LogP contribution < -0.4 is 0 Å². The molecule has 0 aliphatic heterocycles. The van der Waals surface area contributed by atoms with E-state index in [1.807, 2.05) is 6.07 Å². The van der Waals surface area contributed by atoms with Crippen molar-refractivity contribution in [2.24, 2.45) is 0 Å². The second kappa shape index (κ2) is 8.08. The molecule has 2 aromatic rings. The van der Waals surface area contributed by atoms with Crippen molar-refractivity contribution < 1.29 is 19.1 Å². The highest BCUT2D eigenvalue weighted by Gasteiger charge is 2.28. The molecule has 26 heavy (non-hydrogen) atoms. The van der Waals surface area contributed by atoms with Gasteiger partial charge in [-0.3, -0.25) is 9.78 Å². The Hall–Kier alpha value is -2.76. The number of halogens is 1. The molecule has 0 saturated heterocycles. The predicted molar refractivity (Wildman–Crippen MR) is 94.6 cm³/mol. The van der Waals surface area contributed by atoms with Crippen LogP contribution in [0.5, 0.6) is 0 Å². The second-order valence-electron chi connectivity index (χ2n) is 6.55. The first kappa shape index (κ1) is 18.0. The Balaban J connectivity index is 1.80. The fourth-order valence-corrected chi connectivity index (χ4v) is 3.44. The van der Waals surface area contributed by atoms with E-state index in [0.717, 1.165) is 31.2 Å². The van der Waals surface area contributed by atoms with Gasteiger partial charge >= 0.3 is 5.97 Å². The normalized spacial score (nSPS) is 14.3. The molecule has 5 nitrogen and oxygen atoms in total. The van der Waals surface area contributed by atoms with Crippen LogP contribution in [0, 0.1) is 5.82 Å². The number of pyridine rings is 1. The van der Waals surface area contributed by atoms with Crippen LogP contribution in [0.1, 0.15) is 52.1 Å². The highest BCUT2D eigenvalue weighted by molar-refractivity contribution is 5.96. The molecule has 6 heteroatoms. The van der Waals surface area contributed by atoms with E-state index in [9.17, 15) is 14.0 Å². The number of carbonyl (C=O) groups is 2. The minimum Gasteiger partial charge on any atom is -0.478 e. The van der Waals surface area contributed by atoms with Gasteiger partial charge in [-0.25, -0.2) is 9.18 Å². The zero-order chi connectivity index (χ0) is 18.5. The van der Waals surface area contributed by atoms with Gasteiger partial charge in [-0.1, -0.05) is 25.0 Å². The third kappa shape index (κ3) is 4.25. The van der Waals surface area contributed by atoms with Crippen LogP contribution in [0.25, 0.3) is 0 Å². The van der Waals surface area contributed by atoms with Crippen molar-refractivity contribution in [3.63, 3.8) is 0 Å². The minimum atomic E-state index is -1.09. The number of aromatic carboxylic acids is 1. The Morgan fingerprint density at radius 1 is 1.19 bits per heavy atom. The van der Waals surface area contributed by atoms with Crippen molar-refractivity contribution in [3.8, 4) is 0 Å². The number of hydrogen-bond acceptors (Lipinski definition) is 3. The Morgan fingerprint density at radius 2 is 1.96 bits per heavy atom. The van der Waals surface area contributed by atoms with E-state index in [2.05, 4.69) is 4.98 Å². The Bertz CT molecular complexity index is 803. The summed E-state index contributed by atoms with van der Waals surface area (Å²) in [6.07, 6.45) is 5.86. The Morgan fingerprint density at radius 3 is 2.65 bits per heavy atom. The molecule has 1 aromatic heterocycles. The first-order chi connectivity index (χ1) is 12.5. The number of nitrogens with zero attached hydrogens (tertiary/aromatic N) is 2. The maximum Gasteiger partial charge on any atom is 0.335 e. The summed E-state index contributed by atoms with van der Waals surface area (Å²) in [6, 6.07) is 9.16. The van der Waals surface area contributed by atoms with Gasteiger partial charge in [0, 0.05) is 18.8 Å². The molecule has 1 N–H and O–H groups in total. The van der Waals surface area contributed by atoms with Gasteiger partial charge in [0.05, 0.1) is 5.56 Å². The molecule has 1 heterocycles. The van der Waals surface area contributed by atoms with Gasteiger partial charge < -0.3 is 10.0 Å². The maximum atomic E-state index is 13.4. The first-order valence-corrected chi connectivity index (χ1v) is 8.79. The van der Waals surface area contributed by atoms with E-state index in [1.165, 1.54) is 30.5 Å². The number of amides is 1. The monoisotopic (exact) mass is 356 g/mol. The lowest BCUT2D eigenvalue weighted by molar-refractivity contribution is 0.0678. The summed E-state index contributed by atoms with van der Waals surface area (Å²) in [5, 5.41) is 9.13. The molecule has 1 saturated carbocycles. The molecule has 1 aromatic carbocycles. The number of carboxylic acids is 1. The van der Waals surface area contributed by atoms with Gasteiger partial charge in [0.2, 0.25) is 0 Å². The molecule has 0 unspecified atom stereocenters. The van der Waals surface area contributed by atoms with Crippen LogP contribution in [0.15, 0.2) is 42.6 Å². The largest absolute Gasteiger partial charge is 0.478 e. The summed E-state index contributed by atoms with van der Waals surface area (Å²) >= 11 is 0. The average molecular weight is 356 g/mol. The van der Waals surface area contributed by atoms with Gasteiger partial charge in [-0.05, 0) is 49.1 Å². The lowest BCUT2D eigenvalue weighted by atomic mass is 10.1. The highest BCUT2D eigenvalue weighted by Crippen LogP contribution is 2.25. The van der Waals surface area contributed by atoms with Crippen molar-refractivity contribution in [3.05, 3.63) is 65.2 Å². The van der Waals surface area contributed by atoms with Crippen LogP contribution in [0.3, 0.4) is 0 Å². The minimum absolute atomic E-state index is 0.0415. The number of hydrogen-bond donors (Lipinski definition) is 1. The molecule has 1 fully saturated rings.